The molecule has 0 unspecified atom stereocenters. The molecule has 1 aliphatic rings. The zero-order valence-electron chi connectivity index (χ0n) is 20.6. The lowest BCUT2D eigenvalue weighted by atomic mass is 9.68. The molecule has 8 heteroatoms. The molecule has 4 aromatic rings. The van der Waals surface area contributed by atoms with Crippen molar-refractivity contribution in [2.45, 2.75) is 31.7 Å². The summed E-state index contributed by atoms with van der Waals surface area (Å²) in [5.74, 6) is -4.30. The van der Waals surface area contributed by atoms with Gasteiger partial charge in [0.2, 0.25) is 5.91 Å². The maximum absolute atomic E-state index is 14.6. The van der Waals surface area contributed by atoms with Crippen molar-refractivity contribution in [3.63, 3.8) is 0 Å². The molecule has 0 saturated carbocycles. The van der Waals surface area contributed by atoms with E-state index in [0.717, 1.165) is 29.8 Å². The molecule has 5 rings (SSSR count). The lowest BCUT2D eigenvalue weighted by molar-refractivity contribution is -0.131. The van der Waals surface area contributed by atoms with Crippen molar-refractivity contribution in [2.24, 2.45) is 5.41 Å². The van der Waals surface area contributed by atoms with Gasteiger partial charge in [0.15, 0.2) is 23.3 Å². The summed E-state index contributed by atoms with van der Waals surface area (Å²) in [4.78, 5) is 16.3. The van der Waals surface area contributed by atoms with E-state index >= 15 is 0 Å². The minimum atomic E-state index is -1.16. The van der Waals surface area contributed by atoms with E-state index in [0.29, 0.717) is 39.7 Å². The lowest BCUT2D eigenvalue weighted by Gasteiger charge is -2.47. The van der Waals surface area contributed by atoms with Crippen LogP contribution in [0.5, 0.6) is 0 Å². The average molecular weight is 572 g/mol. The molecule has 0 aliphatic carbocycles. The largest absolute Gasteiger partial charge is 0.304 e. The summed E-state index contributed by atoms with van der Waals surface area (Å²) in [6.07, 6.45) is 1.02. The van der Waals surface area contributed by atoms with Crippen molar-refractivity contribution in [3.05, 3.63) is 135 Å². The Kier molecular flexibility index (Phi) is 7.70. The Balaban J connectivity index is 1.62. The number of hydrogen-bond acceptors (Lipinski definition) is 1. The highest BCUT2D eigenvalue weighted by Gasteiger charge is 2.48. The number of benzene rings is 4. The Bertz CT molecular complexity index is 1460. The highest BCUT2D eigenvalue weighted by atomic mass is 35.5. The van der Waals surface area contributed by atoms with Crippen LogP contribution in [0.25, 0.3) is 0 Å². The van der Waals surface area contributed by atoms with Crippen LogP contribution >= 0.6 is 23.2 Å². The van der Waals surface area contributed by atoms with Gasteiger partial charge in [0.05, 0.1) is 11.5 Å². The molecule has 0 aromatic heterocycles. The minimum absolute atomic E-state index is 0.0689. The van der Waals surface area contributed by atoms with Gasteiger partial charge in [-0.2, -0.15) is 0 Å². The number of anilines is 1. The third kappa shape index (κ3) is 5.68. The van der Waals surface area contributed by atoms with Crippen molar-refractivity contribution in [3.8, 4) is 0 Å². The maximum atomic E-state index is 14.6. The Morgan fingerprint density at radius 3 is 1.67 bits per heavy atom. The fourth-order valence-electron chi connectivity index (χ4n) is 5.42. The third-order valence-corrected chi connectivity index (χ3v) is 7.80. The van der Waals surface area contributed by atoms with Crippen molar-refractivity contribution in [1.82, 2.24) is 0 Å². The van der Waals surface area contributed by atoms with Crippen LogP contribution in [0.3, 0.4) is 0 Å². The molecule has 200 valence electrons. The molecule has 1 aliphatic heterocycles. The highest BCUT2D eigenvalue weighted by Crippen LogP contribution is 2.47. The molecule has 39 heavy (non-hydrogen) atoms. The standard InChI is InChI=1S/C31H23Cl2F4NO/c32-22-5-3-21(4-6-22)29-13-14-31(17-19-1-11-25(34)27(36)15-19,18-20-2-12-26(35)28(37)16-20)30(39)38(29)24-9-7-23(33)8-10-24/h1-12,15-16,29H,13-14,17-18H2/t29-/m0/s1. The van der Waals surface area contributed by atoms with Crippen LogP contribution in [0.15, 0.2) is 84.9 Å². The molecule has 0 N–H and O–H groups in total. The van der Waals surface area contributed by atoms with Gasteiger partial charge < -0.3 is 4.90 Å². The van der Waals surface area contributed by atoms with Crippen LogP contribution in [0.1, 0.15) is 35.6 Å². The Morgan fingerprint density at radius 2 is 1.18 bits per heavy atom. The van der Waals surface area contributed by atoms with Crippen LogP contribution in [0.2, 0.25) is 10.0 Å². The number of carbonyl (C=O) groups is 1. The number of carbonyl (C=O) groups excluding carboxylic acids is 1. The van der Waals surface area contributed by atoms with Crippen molar-refractivity contribution in [2.75, 3.05) is 4.90 Å². The van der Waals surface area contributed by atoms with E-state index in [1.54, 1.807) is 41.3 Å². The lowest BCUT2D eigenvalue weighted by Crippen LogP contribution is -2.52. The molecule has 1 fully saturated rings. The first-order chi connectivity index (χ1) is 18.6. The molecule has 0 radical (unpaired) electrons. The van der Waals surface area contributed by atoms with E-state index < -0.39 is 28.7 Å². The summed E-state index contributed by atoms with van der Waals surface area (Å²) in [5, 5.41) is 1.06. The molecule has 0 bridgehead atoms. The van der Waals surface area contributed by atoms with Crippen molar-refractivity contribution >= 4 is 34.8 Å². The van der Waals surface area contributed by atoms with Crippen LogP contribution in [0.4, 0.5) is 23.2 Å². The zero-order chi connectivity index (χ0) is 27.7. The number of nitrogens with zero attached hydrogens (tertiary/aromatic N) is 1. The molecule has 0 spiro atoms. The van der Waals surface area contributed by atoms with Gasteiger partial charge in [-0.1, -0.05) is 47.5 Å². The molecule has 4 aromatic carbocycles. The van der Waals surface area contributed by atoms with Gasteiger partial charge >= 0.3 is 0 Å². The number of hydrogen-bond donors (Lipinski definition) is 0. The summed E-state index contributed by atoms with van der Waals surface area (Å²) in [5.41, 5.74) is 1.16. The van der Waals surface area contributed by atoms with Crippen LogP contribution < -0.4 is 4.90 Å². The Hall–Kier alpha value is -3.35. The quantitative estimate of drug-likeness (QED) is 0.211. The van der Waals surface area contributed by atoms with E-state index in [-0.39, 0.29) is 24.8 Å². The van der Waals surface area contributed by atoms with Crippen LogP contribution in [-0.4, -0.2) is 5.91 Å². The fourth-order valence-corrected chi connectivity index (χ4v) is 5.67. The van der Waals surface area contributed by atoms with Gasteiger partial charge in [-0.3, -0.25) is 4.79 Å². The van der Waals surface area contributed by atoms with Crippen LogP contribution in [-0.2, 0) is 17.6 Å². The van der Waals surface area contributed by atoms with Crippen LogP contribution in [0, 0.1) is 28.7 Å². The van der Waals surface area contributed by atoms with E-state index in [1.165, 1.54) is 12.1 Å². The number of amides is 1. The first-order valence-electron chi connectivity index (χ1n) is 12.4. The van der Waals surface area contributed by atoms with E-state index in [4.69, 9.17) is 23.2 Å². The summed E-state index contributed by atoms with van der Waals surface area (Å²) in [7, 11) is 0. The van der Waals surface area contributed by atoms with Crippen molar-refractivity contribution < 1.29 is 22.4 Å². The minimum Gasteiger partial charge on any atom is -0.304 e. The van der Waals surface area contributed by atoms with Gasteiger partial charge in [0, 0.05) is 15.7 Å². The molecule has 1 saturated heterocycles. The molecular weight excluding hydrogens is 549 g/mol. The first-order valence-corrected chi connectivity index (χ1v) is 13.1. The molecular formula is C31H23Cl2F4NO. The second-order valence-electron chi connectivity index (χ2n) is 9.89. The van der Waals surface area contributed by atoms with Gasteiger partial charge in [0.25, 0.3) is 0 Å². The predicted octanol–water partition coefficient (Wildman–Crippen LogP) is 8.89. The SMILES string of the molecule is O=C1N(c2ccc(Cl)cc2)[C@H](c2ccc(Cl)cc2)CCC1(Cc1ccc(F)c(F)c1)Cc1ccc(F)c(F)c1. The Labute approximate surface area is 233 Å². The number of halogens is 6. The molecule has 1 heterocycles. The average Bonchev–Trinajstić information content (AvgIpc) is 2.91. The van der Waals surface area contributed by atoms with E-state index in [9.17, 15) is 22.4 Å². The molecule has 1 amide bonds. The third-order valence-electron chi connectivity index (χ3n) is 7.29. The molecule has 1 atom stereocenters. The topological polar surface area (TPSA) is 20.3 Å². The summed E-state index contributed by atoms with van der Waals surface area (Å²) in [6, 6.07) is 20.8. The fraction of sp³-hybridized carbons (Fsp3) is 0.194. The summed E-state index contributed by atoms with van der Waals surface area (Å²) >= 11 is 12.2. The van der Waals surface area contributed by atoms with E-state index in [2.05, 4.69) is 0 Å². The monoisotopic (exact) mass is 571 g/mol. The Morgan fingerprint density at radius 1 is 0.692 bits per heavy atom. The normalized spacial score (nSPS) is 16.9. The second kappa shape index (κ2) is 11.0. The van der Waals surface area contributed by atoms with E-state index in [1.807, 2.05) is 12.1 Å². The highest BCUT2D eigenvalue weighted by molar-refractivity contribution is 6.30. The number of rotatable bonds is 6. The number of piperidine rings is 1. The smallest absolute Gasteiger partial charge is 0.234 e. The van der Waals surface area contributed by atoms with Crippen molar-refractivity contribution in [1.29, 1.82) is 0 Å². The maximum Gasteiger partial charge on any atom is 0.234 e. The molecule has 2 nitrogen and oxygen atoms in total. The predicted molar refractivity (Wildman–Crippen MR) is 145 cm³/mol. The van der Waals surface area contributed by atoms with Gasteiger partial charge in [0.1, 0.15) is 0 Å². The van der Waals surface area contributed by atoms with Gasteiger partial charge in [-0.15, -0.1) is 0 Å². The van der Waals surface area contributed by atoms with Gasteiger partial charge in [-0.05, 0) is 103 Å². The zero-order valence-corrected chi connectivity index (χ0v) is 22.1. The second-order valence-corrected chi connectivity index (χ2v) is 10.8. The summed E-state index contributed by atoms with van der Waals surface area (Å²) in [6.45, 7) is 0. The van der Waals surface area contributed by atoms with Gasteiger partial charge in [-0.25, -0.2) is 17.6 Å². The first kappa shape index (κ1) is 27.2. The summed E-state index contributed by atoms with van der Waals surface area (Å²) < 4.78 is 55.8.